The quantitative estimate of drug-likeness (QED) is 0.878. The molecule has 2 rings (SSSR count). The van der Waals surface area contributed by atoms with Crippen molar-refractivity contribution in [1.82, 2.24) is 10.2 Å². The van der Waals surface area contributed by atoms with Crippen molar-refractivity contribution in [3.63, 3.8) is 0 Å². The molecule has 0 heterocycles. The van der Waals surface area contributed by atoms with Crippen LogP contribution in [0, 0.1) is 0 Å². The van der Waals surface area contributed by atoms with Gasteiger partial charge in [-0.15, -0.1) is 0 Å². The Morgan fingerprint density at radius 2 is 1.82 bits per heavy atom. The molecule has 2 amide bonds. The Balaban J connectivity index is 1.78. The van der Waals surface area contributed by atoms with Crippen molar-refractivity contribution in [2.24, 2.45) is 0 Å². The van der Waals surface area contributed by atoms with Crippen molar-refractivity contribution in [1.29, 1.82) is 0 Å². The zero-order chi connectivity index (χ0) is 15.8. The largest absolute Gasteiger partial charge is 0.353 e. The van der Waals surface area contributed by atoms with E-state index in [1.165, 1.54) is 19.3 Å². The molecule has 1 aliphatic carbocycles. The summed E-state index contributed by atoms with van der Waals surface area (Å²) in [5.74, 6) is 0.0699. The van der Waals surface area contributed by atoms with Crippen LogP contribution in [0.4, 0.5) is 0 Å². The first-order valence-corrected chi connectivity index (χ1v) is 8.24. The van der Waals surface area contributed by atoms with Gasteiger partial charge in [-0.05, 0) is 18.4 Å². The van der Waals surface area contributed by atoms with Crippen LogP contribution in [0.25, 0.3) is 0 Å². The Kier molecular flexibility index (Phi) is 6.44. The minimum Gasteiger partial charge on any atom is -0.353 e. The molecule has 0 radical (unpaired) electrons. The van der Waals surface area contributed by atoms with Crippen molar-refractivity contribution in [3.05, 3.63) is 35.9 Å². The Hall–Kier alpha value is -1.84. The van der Waals surface area contributed by atoms with Crippen molar-refractivity contribution in [2.75, 3.05) is 6.54 Å². The number of benzene rings is 1. The van der Waals surface area contributed by atoms with Gasteiger partial charge in [0.1, 0.15) is 0 Å². The lowest BCUT2D eigenvalue weighted by Crippen LogP contribution is -2.38. The molecule has 22 heavy (non-hydrogen) atoms. The Morgan fingerprint density at radius 3 is 2.45 bits per heavy atom. The molecule has 1 aromatic carbocycles. The van der Waals surface area contributed by atoms with Gasteiger partial charge >= 0.3 is 0 Å². The first-order chi connectivity index (χ1) is 10.6. The highest BCUT2D eigenvalue weighted by atomic mass is 16.2. The fraction of sp³-hybridized carbons (Fsp3) is 0.556. The number of nitrogens with one attached hydrogen (secondary N) is 1. The van der Waals surface area contributed by atoms with Crippen LogP contribution in [0.3, 0.4) is 0 Å². The number of nitrogens with zero attached hydrogens (tertiary/aromatic N) is 1. The summed E-state index contributed by atoms with van der Waals surface area (Å²) in [6.45, 7) is 2.59. The predicted molar refractivity (Wildman–Crippen MR) is 87.2 cm³/mol. The van der Waals surface area contributed by atoms with Gasteiger partial charge in [0, 0.05) is 32.5 Å². The van der Waals surface area contributed by atoms with Crippen LogP contribution < -0.4 is 5.32 Å². The summed E-state index contributed by atoms with van der Waals surface area (Å²) in [6.07, 6.45) is 6.25. The molecular weight excluding hydrogens is 276 g/mol. The van der Waals surface area contributed by atoms with E-state index in [0.717, 1.165) is 18.4 Å². The molecule has 120 valence electrons. The van der Waals surface area contributed by atoms with Crippen LogP contribution in [0.2, 0.25) is 0 Å². The zero-order valence-corrected chi connectivity index (χ0v) is 13.4. The monoisotopic (exact) mass is 302 g/mol. The van der Waals surface area contributed by atoms with Crippen molar-refractivity contribution in [2.45, 2.75) is 58.0 Å². The average molecular weight is 302 g/mol. The molecule has 4 heteroatoms. The van der Waals surface area contributed by atoms with E-state index < -0.39 is 0 Å². The maximum atomic E-state index is 12.0. The minimum absolute atomic E-state index is 0.00863. The maximum absolute atomic E-state index is 12.0. The highest BCUT2D eigenvalue weighted by Gasteiger charge is 2.17. The SMILES string of the molecule is CC(=O)N(CCC(=O)NC1CCCCC1)Cc1ccccc1. The Bertz CT molecular complexity index is 481. The van der Waals surface area contributed by atoms with Gasteiger partial charge in [0.15, 0.2) is 0 Å². The van der Waals surface area contributed by atoms with Crippen molar-refractivity contribution >= 4 is 11.8 Å². The van der Waals surface area contributed by atoms with Crippen LogP contribution in [0.15, 0.2) is 30.3 Å². The van der Waals surface area contributed by atoms with Crippen LogP contribution in [0.5, 0.6) is 0 Å². The number of hydrogen-bond donors (Lipinski definition) is 1. The van der Waals surface area contributed by atoms with Crippen LogP contribution in [0.1, 0.15) is 51.0 Å². The highest BCUT2D eigenvalue weighted by molar-refractivity contribution is 5.78. The summed E-state index contributed by atoms with van der Waals surface area (Å²) < 4.78 is 0. The van der Waals surface area contributed by atoms with E-state index in [1.807, 2.05) is 30.3 Å². The Labute approximate surface area is 132 Å². The van der Waals surface area contributed by atoms with Gasteiger partial charge < -0.3 is 10.2 Å². The number of hydrogen-bond acceptors (Lipinski definition) is 2. The normalized spacial score (nSPS) is 15.3. The second-order valence-electron chi connectivity index (χ2n) is 6.08. The number of carbonyl (C=O) groups is 2. The third-order valence-corrected chi connectivity index (χ3v) is 4.24. The maximum Gasteiger partial charge on any atom is 0.221 e. The molecule has 0 spiro atoms. The summed E-state index contributed by atoms with van der Waals surface area (Å²) in [4.78, 5) is 25.5. The van der Waals surface area contributed by atoms with Gasteiger partial charge in [-0.2, -0.15) is 0 Å². The molecule has 0 bridgehead atoms. The first kappa shape index (κ1) is 16.5. The highest BCUT2D eigenvalue weighted by Crippen LogP contribution is 2.17. The van der Waals surface area contributed by atoms with Crippen molar-refractivity contribution in [3.8, 4) is 0 Å². The van der Waals surface area contributed by atoms with Crippen LogP contribution in [-0.4, -0.2) is 29.3 Å². The fourth-order valence-electron chi connectivity index (χ4n) is 2.93. The molecule has 0 aliphatic heterocycles. The summed E-state index contributed by atoms with van der Waals surface area (Å²) in [6, 6.07) is 10.2. The molecule has 4 nitrogen and oxygen atoms in total. The minimum atomic E-state index is 0.00863. The van der Waals surface area contributed by atoms with Gasteiger partial charge in [0.05, 0.1) is 0 Å². The molecule has 0 unspecified atom stereocenters. The number of amides is 2. The van der Waals surface area contributed by atoms with Crippen LogP contribution >= 0.6 is 0 Å². The van der Waals surface area contributed by atoms with E-state index in [4.69, 9.17) is 0 Å². The van der Waals surface area contributed by atoms with E-state index in [2.05, 4.69) is 5.32 Å². The summed E-state index contributed by atoms with van der Waals surface area (Å²) >= 11 is 0. The van der Waals surface area contributed by atoms with Gasteiger partial charge in [0.2, 0.25) is 11.8 Å². The van der Waals surface area contributed by atoms with E-state index in [-0.39, 0.29) is 11.8 Å². The molecule has 1 fully saturated rings. The molecular formula is C18H26N2O2. The Morgan fingerprint density at radius 1 is 1.14 bits per heavy atom. The lowest BCUT2D eigenvalue weighted by atomic mass is 9.95. The predicted octanol–water partition coefficient (Wildman–Crippen LogP) is 2.87. The first-order valence-electron chi connectivity index (χ1n) is 8.24. The molecule has 0 atom stereocenters. The van der Waals surface area contributed by atoms with E-state index in [9.17, 15) is 9.59 Å². The molecule has 1 aromatic rings. The second kappa shape index (κ2) is 8.57. The topological polar surface area (TPSA) is 49.4 Å². The summed E-state index contributed by atoms with van der Waals surface area (Å²) in [5.41, 5.74) is 1.09. The van der Waals surface area contributed by atoms with Crippen LogP contribution in [-0.2, 0) is 16.1 Å². The average Bonchev–Trinajstić information content (AvgIpc) is 2.53. The lowest BCUT2D eigenvalue weighted by molar-refractivity contribution is -0.130. The third-order valence-electron chi connectivity index (χ3n) is 4.24. The third kappa shape index (κ3) is 5.51. The number of carbonyl (C=O) groups excluding carboxylic acids is 2. The second-order valence-corrected chi connectivity index (χ2v) is 6.08. The van der Waals surface area contributed by atoms with Crippen molar-refractivity contribution < 1.29 is 9.59 Å². The lowest BCUT2D eigenvalue weighted by Gasteiger charge is -2.24. The smallest absolute Gasteiger partial charge is 0.221 e. The zero-order valence-electron chi connectivity index (χ0n) is 13.4. The van der Waals surface area contributed by atoms with Gasteiger partial charge in [-0.25, -0.2) is 0 Å². The van der Waals surface area contributed by atoms with E-state index in [0.29, 0.717) is 25.6 Å². The van der Waals surface area contributed by atoms with Gasteiger partial charge in [-0.1, -0.05) is 49.6 Å². The van der Waals surface area contributed by atoms with E-state index >= 15 is 0 Å². The number of rotatable bonds is 6. The van der Waals surface area contributed by atoms with Gasteiger partial charge in [0.25, 0.3) is 0 Å². The summed E-state index contributed by atoms with van der Waals surface area (Å²) in [5, 5.41) is 3.10. The molecule has 0 aromatic heterocycles. The van der Waals surface area contributed by atoms with E-state index in [1.54, 1.807) is 11.8 Å². The fourth-order valence-corrected chi connectivity index (χ4v) is 2.93. The molecule has 1 saturated carbocycles. The summed E-state index contributed by atoms with van der Waals surface area (Å²) in [7, 11) is 0. The standard InChI is InChI=1S/C18H26N2O2/c1-15(21)20(14-16-8-4-2-5-9-16)13-12-18(22)19-17-10-6-3-7-11-17/h2,4-5,8-9,17H,3,6-7,10-14H2,1H3,(H,19,22). The molecule has 1 aliphatic rings. The van der Waals surface area contributed by atoms with Gasteiger partial charge in [-0.3, -0.25) is 9.59 Å². The molecule has 0 saturated heterocycles. The molecule has 1 N–H and O–H groups in total.